The molecule has 0 spiro atoms. The average Bonchev–Trinajstić information content (AvgIpc) is 3.07. The summed E-state index contributed by atoms with van der Waals surface area (Å²) in [6, 6.07) is 0. The molecule has 0 unspecified atom stereocenters. The number of thioether (sulfide) groups is 1. The first-order valence-corrected chi connectivity index (χ1v) is 8.48. The maximum Gasteiger partial charge on any atom is 0.266 e. The van der Waals surface area contributed by atoms with Crippen molar-refractivity contribution in [3.8, 4) is 0 Å². The number of fused-ring (bicyclic) bond motifs is 2. The molecule has 6 nitrogen and oxygen atoms in total. The van der Waals surface area contributed by atoms with E-state index in [1.165, 1.54) is 0 Å². The van der Waals surface area contributed by atoms with Crippen molar-refractivity contribution in [2.24, 2.45) is 4.99 Å². The third-order valence-electron chi connectivity index (χ3n) is 3.82. The van der Waals surface area contributed by atoms with Crippen molar-refractivity contribution in [1.82, 2.24) is 19.2 Å². The van der Waals surface area contributed by atoms with Gasteiger partial charge in [-0.1, -0.05) is 19.8 Å². The fraction of sp³-hybridized carbons (Fsp3) is 0.571. The standard InChI is InChI=1S/C14H19N5OS/c1-4-5-6-7-18-12-10(8-11(15-12)21-3)13(20)19-9(2)16-17-14(18)19/h4-8H2,1-3H3. The molecule has 0 radical (unpaired) electrons. The van der Waals surface area contributed by atoms with Gasteiger partial charge in [0.2, 0.25) is 5.78 Å². The topological polar surface area (TPSA) is 64.5 Å². The molecule has 7 heteroatoms. The van der Waals surface area contributed by atoms with E-state index in [1.54, 1.807) is 16.2 Å². The van der Waals surface area contributed by atoms with Crippen LogP contribution in [0.2, 0.25) is 0 Å². The van der Waals surface area contributed by atoms with Crippen molar-refractivity contribution in [3.63, 3.8) is 0 Å². The lowest BCUT2D eigenvalue weighted by atomic mass is 10.2. The molecular formula is C14H19N5OS. The highest BCUT2D eigenvalue weighted by molar-refractivity contribution is 8.13. The van der Waals surface area contributed by atoms with Gasteiger partial charge in [0, 0.05) is 13.0 Å². The molecular weight excluding hydrogens is 286 g/mol. The van der Waals surface area contributed by atoms with Crippen LogP contribution in [0, 0.1) is 6.92 Å². The van der Waals surface area contributed by atoms with Crippen LogP contribution >= 0.6 is 11.8 Å². The third kappa shape index (κ3) is 2.29. The molecule has 0 N–H and O–H groups in total. The minimum absolute atomic E-state index is 0.0259. The Bertz CT molecular complexity index is 774. The lowest BCUT2D eigenvalue weighted by Gasteiger charge is -2.12. The van der Waals surface area contributed by atoms with Gasteiger partial charge in [0.15, 0.2) is 0 Å². The van der Waals surface area contributed by atoms with Crippen LogP contribution in [0.4, 0.5) is 5.82 Å². The number of hydrogen-bond acceptors (Lipinski definition) is 5. The first-order chi connectivity index (χ1) is 10.2. The second kappa shape index (κ2) is 5.63. The molecule has 0 atom stereocenters. The van der Waals surface area contributed by atoms with Crippen molar-refractivity contribution < 1.29 is 0 Å². The minimum atomic E-state index is -0.0259. The molecule has 2 aromatic rings. The Kier molecular flexibility index (Phi) is 3.84. The van der Waals surface area contributed by atoms with E-state index >= 15 is 0 Å². The summed E-state index contributed by atoms with van der Waals surface area (Å²) in [7, 11) is 0. The Hall–Kier alpha value is -1.63. The monoisotopic (exact) mass is 305 g/mol. The van der Waals surface area contributed by atoms with Crippen LogP contribution in [0.5, 0.6) is 0 Å². The zero-order valence-corrected chi connectivity index (χ0v) is 13.4. The lowest BCUT2D eigenvalue weighted by Crippen LogP contribution is -2.23. The first-order valence-electron chi connectivity index (χ1n) is 7.26. The maximum absolute atomic E-state index is 12.6. The van der Waals surface area contributed by atoms with Gasteiger partial charge in [0.1, 0.15) is 11.6 Å². The summed E-state index contributed by atoms with van der Waals surface area (Å²) in [6.45, 7) is 4.81. The Balaban J connectivity index is 2.20. The highest BCUT2D eigenvalue weighted by Crippen LogP contribution is 2.29. The van der Waals surface area contributed by atoms with E-state index in [0.29, 0.717) is 18.0 Å². The zero-order chi connectivity index (χ0) is 15.0. The van der Waals surface area contributed by atoms with Crippen molar-refractivity contribution in [2.45, 2.75) is 46.1 Å². The normalized spacial score (nSPS) is 13.8. The molecule has 1 aliphatic rings. The molecule has 0 saturated carbocycles. The lowest BCUT2D eigenvalue weighted by molar-refractivity contribution is 0.602. The summed E-state index contributed by atoms with van der Waals surface area (Å²) in [5, 5.41) is 9.24. The summed E-state index contributed by atoms with van der Waals surface area (Å²) in [6.07, 6.45) is 5.98. The molecule has 0 bridgehead atoms. The fourth-order valence-corrected chi connectivity index (χ4v) is 3.15. The average molecular weight is 305 g/mol. The summed E-state index contributed by atoms with van der Waals surface area (Å²) >= 11 is 1.60. The van der Waals surface area contributed by atoms with Gasteiger partial charge in [-0.15, -0.1) is 22.0 Å². The quantitative estimate of drug-likeness (QED) is 0.813. The second-order valence-corrected chi connectivity index (χ2v) is 6.11. The van der Waals surface area contributed by atoms with E-state index in [4.69, 9.17) is 0 Å². The van der Waals surface area contributed by atoms with E-state index in [0.717, 1.165) is 42.2 Å². The van der Waals surface area contributed by atoms with Crippen molar-refractivity contribution in [2.75, 3.05) is 6.26 Å². The molecule has 0 aromatic carbocycles. The van der Waals surface area contributed by atoms with Crippen molar-refractivity contribution >= 4 is 28.4 Å². The van der Waals surface area contributed by atoms with Gasteiger partial charge in [0.05, 0.1) is 10.6 Å². The van der Waals surface area contributed by atoms with Crippen molar-refractivity contribution in [3.05, 3.63) is 21.7 Å². The van der Waals surface area contributed by atoms with Gasteiger partial charge in [-0.25, -0.2) is 9.39 Å². The SMILES string of the molecule is CCCCCn1c2c(c(=O)n3c(C)nnc13)CC(SC)=N2. The Labute approximate surface area is 127 Å². The van der Waals surface area contributed by atoms with Gasteiger partial charge in [-0.2, -0.15) is 0 Å². The molecule has 21 heavy (non-hydrogen) atoms. The minimum Gasteiger partial charge on any atom is -0.294 e. The number of nitrogens with zero attached hydrogens (tertiary/aromatic N) is 5. The molecule has 0 amide bonds. The molecule has 3 heterocycles. The summed E-state index contributed by atoms with van der Waals surface area (Å²) < 4.78 is 3.67. The number of hydrogen-bond donors (Lipinski definition) is 0. The number of aryl methyl sites for hydroxylation is 2. The van der Waals surface area contributed by atoms with Gasteiger partial charge in [0.25, 0.3) is 5.56 Å². The van der Waals surface area contributed by atoms with Crippen LogP contribution in [0.3, 0.4) is 0 Å². The van der Waals surface area contributed by atoms with E-state index in [-0.39, 0.29) is 5.56 Å². The van der Waals surface area contributed by atoms with Crippen LogP contribution in [0.15, 0.2) is 9.79 Å². The van der Waals surface area contributed by atoms with Crippen LogP contribution in [-0.4, -0.2) is 30.5 Å². The number of aromatic nitrogens is 4. The predicted molar refractivity (Wildman–Crippen MR) is 85.8 cm³/mol. The summed E-state index contributed by atoms with van der Waals surface area (Å²) in [5.74, 6) is 2.03. The van der Waals surface area contributed by atoms with Crippen LogP contribution in [0.1, 0.15) is 37.6 Å². The Morgan fingerprint density at radius 2 is 2.10 bits per heavy atom. The Morgan fingerprint density at radius 3 is 2.81 bits per heavy atom. The molecule has 112 valence electrons. The van der Waals surface area contributed by atoms with Gasteiger partial charge >= 0.3 is 0 Å². The second-order valence-electron chi connectivity index (χ2n) is 5.24. The van der Waals surface area contributed by atoms with Crippen LogP contribution in [0.25, 0.3) is 5.78 Å². The third-order valence-corrected chi connectivity index (χ3v) is 4.52. The largest absolute Gasteiger partial charge is 0.294 e. The van der Waals surface area contributed by atoms with Crippen LogP contribution in [-0.2, 0) is 13.0 Å². The first kappa shape index (κ1) is 14.3. The zero-order valence-electron chi connectivity index (χ0n) is 12.6. The predicted octanol–water partition coefficient (Wildman–Crippen LogP) is 2.34. The highest BCUT2D eigenvalue weighted by atomic mass is 32.2. The Morgan fingerprint density at radius 1 is 1.29 bits per heavy atom. The van der Waals surface area contributed by atoms with Gasteiger partial charge < -0.3 is 0 Å². The maximum atomic E-state index is 12.6. The van der Waals surface area contributed by atoms with Crippen LogP contribution < -0.4 is 5.56 Å². The molecule has 0 saturated heterocycles. The highest BCUT2D eigenvalue weighted by Gasteiger charge is 2.25. The van der Waals surface area contributed by atoms with E-state index in [9.17, 15) is 4.79 Å². The molecule has 2 aromatic heterocycles. The number of rotatable bonds is 4. The molecule has 0 fully saturated rings. The molecule has 0 aliphatic carbocycles. The smallest absolute Gasteiger partial charge is 0.266 e. The van der Waals surface area contributed by atoms with E-state index in [2.05, 4.69) is 26.7 Å². The summed E-state index contributed by atoms with van der Waals surface area (Å²) in [5.41, 5.74) is 0.744. The van der Waals surface area contributed by atoms with E-state index in [1.807, 2.05) is 13.2 Å². The van der Waals surface area contributed by atoms with Gasteiger partial charge in [-0.05, 0) is 19.6 Å². The summed E-state index contributed by atoms with van der Waals surface area (Å²) in [4.78, 5) is 17.3. The molecule has 3 rings (SSSR count). The number of unbranched alkanes of at least 4 members (excludes halogenated alkanes) is 2. The van der Waals surface area contributed by atoms with Crippen molar-refractivity contribution in [1.29, 1.82) is 0 Å². The van der Waals surface area contributed by atoms with E-state index < -0.39 is 0 Å². The van der Waals surface area contributed by atoms with Gasteiger partial charge in [-0.3, -0.25) is 9.36 Å². The number of aliphatic imine (C=N–C) groups is 1. The fourth-order valence-electron chi connectivity index (χ4n) is 2.69. The molecule has 1 aliphatic heterocycles.